The van der Waals surface area contributed by atoms with Crippen molar-refractivity contribution >= 4 is 17.9 Å². The average Bonchev–Trinajstić information content (AvgIpc) is 3.45. The molecule has 0 saturated carbocycles. The van der Waals surface area contributed by atoms with Crippen LogP contribution in [-0.4, -0.2) is 37.2 Å². The topological polar surface area (TPSA) is 78.9 Å². The van der Waals surface area contributed by atoms with E-state index >= 15 is 0 Å². The van der Waals surface area contributed by atoms with E-state index in [1.165, 1.54) is 218 Å². The Balaban J connectivity index is 4.37. The van der Waals surface area contributed by atoms with Crippen molar-refractivity contribution in [3.8, 4) is 0 Å². The van der Waals surface area contributed by atoms with Crippen LogP contribution in [0.2, 0.25) is 0 Å². The third-order valence-electron chi connectivity index (χ3n) is 15.2. The molecule has 0 spiro atoms. The molecule has 0 N–H and O–H groups in total. The molecule has 0 aliphatic rings. The van der Waals surface area contributed by atoms with E-state index in [9.17, 15) is 14.4 Å². The standard InChI is InChI=1S/C73H130O6/c1-4-7-10-13-16-19-22-25-28-31-34-36-39-42-45-48-51-54-57-60-63-66-72(75)78-69-70(68-77-71(74)65-62-59-56-53-50-47-44-41-38-33-30-27-24-21-18-15-12-9-6-3)79-73(76)67-64-61-58-55-52-49-46-43-40-37-35-32-29-26-23-20-17-14-11-8-5-2/h9,12,18,21-22,25,27,30-31,34,38,41,70H,4-8,10-11,13-17,19-20,23-24,26,28-29,32-33,35-37,39-40,42-69H2,1-3H3/b12-9-,21-18-,25-22-,30-27-,34-31-,41-38-. The Morgan fingerprint density at radius 3 is 0.772 bits per heavy atom. The van der Waals surface area contributed by atoms with Crippen LogP contribution in [0.3, 0.4) is 0 Å². The van der Waals surface area contributed by atoms with Crippen LogP contribution < -0.4 is 0 Å². The predicted octanol–water partition coefficient (Wildman–Crippen LogP) is 23.7. The molecule has 79 heavy (non-hydrogen) atoms. The molecule has 0 amide bonds. The van der Waals surface area contributed by atoms with Gasteiger partial charge in [0, 0.05) is 19.3 Å². The largest absolute Gasteiger partial charge is 0.462 e. The number of unbranched alkanes of at least 4 members (excludes halogenated alkanes) is 40. The summed E-state index contributed by atoms with van der Waals surface area (Å²) < 4.78 is 17.0. The lowest BCUT2D eigenvalue weighted by atomic mass is 10.0. The van der Waals surface area contributed by atoms with E-state index in [1.54, 1.807) is 0 Å². The molecule has 0 radical (unpaired) electrons. The number of hydrogen-bond acceptors (Lipinski definition) is 6. The van der Waals surface area contributed by atoms with E-state index in [2.05, 4.69) is 93.7 Å². The van der Waals surface area contributed by atoms with Gasteiger partial charge >= 0.3 is 17.9 Å². The Morgan fingerprint density at radius 2 is 0.494 bits per heavy atom. The Morgan fingerprint density at radius 1 is 0.266 bits per heavy atom. The predicted molar refractivity (Wildman–Crippen MR) is 344 cm³/mol. The van der Waals surface area contributed by atoms with Gasteiger partial charge in [-0.25, -0.2) is 0 Å². The van der Waals surface area contributed by atoms with Gasteiger partial charge in [0.15, 0.2) is 6.10 Å². The van der Waals surface area contributed by atoms with Crippen molar-refractivity contribution in [2.75, 3.05) is 13.2 Å². The minimum atomic E-state index is -0.784. The molecule has 0 aliphatic heterocycles. The molecule has 1 unspecified atom stereocenters. The maximum absolute atomic E-state index is 13.0. The molecule has 0 aromatic rings. The van der Waals surface area contributed by atoms with Crippen molar-refractivity contribution in [3.63, 3.8) is 0 Å². The van der Waals surface area contributed by atoms with Crippen molar-refractivity contribution in [1.29, 1.82) is 0 Å². The Kier molecular flexibility index (Phi) is 64.7. The fraction of sp³-hybridized carbons (Fsp3) is 0.795. The molecule has 458 valence electrons. The fourth-order valence-corrected chi connectivity index (χ4v) is 10.1. The number of rotatable bonds is 63. The lowest BCUT2D eigenvalue weighted by molar-refractivity contribution is -0.167. The molecule has 0 heterocycles. The molecular formula is C73H130O6. The molecule has 6 nitrogen and oxygen atoms in total. The summed E-state index contributed by atoms with van der Waals surface area (Å²) in [7, 11) is 0. The van der Waals surface area contributed by atoms with E-state index in [1.807, 2.05) is 0 Å². The molecule has 0 saturated heterocycles. The summed E-state index contributed by atoms with van der Waals surface area (Å²) >= 11 is 0. The van der Waals surface area contributed by atoms with E-state index in [0.717, 1.165) is 96.3 Å². The minimum Gasteiger partial charge on any atom is -0.462 e. The van der Waals surface area contributed by atoms with Crippen molar-refractivity contribution in [2.24, 2.45) is 0 Å². The summed E-state index contributed by atoms with van der Waals surface area (Å²) in [6.45, 7) is 6.56. The van der Waals surface area contributed by atoms with Crippen molar-refractivity contribution in [3.05, 3.63) is 72.9 Å². The summed E-state index contributed by atoms with van der Waals surface area (Å²) in [6.07, 6.45) is 87.7. The third-order valence-corrected chi connectivity index (χ3v) is 15.2. The first-order valence-corrected chi connectivity index (χ1v) is 34.4. The van der Waals surface area contributed by atoms with Gasteiger partial charge in [-0.2, -0.15) is 0 Å². The van der Waals surface area contributed by atoms with Crippen LogP contribution in [-0.2, 0) is 28.6 Å². The van der Waals surface area contributed by atoms with E-state index in [-0.39, 0.29) is 31.1 Å². The van der Waals surface area contributed by atoms with E-state index < -0.39 is 6.10 Å². The molecular weight excluding hydrogens is 973 g/mol. The number of esters is 3. The first-order valence-electron chi connectivity index (χ1n) is 34.4. The summed E-state index contributed by atoms with van der Waals surface area (Å²) in [6, 6.07) is 0. The highest BCUT2D eigenvalue weighted by molar-refractivity contribution is 5.71. The van der Waals surface area contributed by atoms with Gasteiger partial charge in [0.1, 0.15) is 13.2 Å². The van der Waals surface area contributed by atoms with E-state index in [0.29, 0.717) is 19.3 Å². The normalized spacial score (nSPS) is 12.5. The molecule has 0 rings (SSSR count). The van der Waals surface area contributed by atoms with Crippen LogP contribution in [0, 0.1) is 0 Å². The minimum absolute atomic E-state index is 0.0792. The number of carbonyl (C=O) groups is 3. The van der Waals surface area contributed by atoms with Gasteiger partial charge in [0.05, 0.1) is 0 Å². The summed E-state index contributed by atoms with van der Waals surface area (Å²) in [4.78, 5) is 38.5. The molecule has 1 atom stereocenters. The number of allylic oxidation sites excluding steroid dienone is 12. The maximum atomic E-state index is 13.0. The Labute approximate surface area is 491 Å². The Bertz CT molecular complexity index is 1450. The summed E-state index contributed by atoms with van der Waals surface area (Å²) in [5, 5.41) is 0. The van der Waals surface area contributed by atoms with Crippen LogP contribution in [0.25, 0.3) is 0 Å². The number of carbonyl (C=O) groups excluding carboxylic acids is 3. The molecule has 0 bridgehead atoms. The lowest BCUT2D eigenvalue weighted by Crippen LogP contribution is -2.30. The van der Waals surface area contributed by atoms with Gasteiger partial charge in [-0.1, -0.05) is 318 Å². The van der Waals surface area contributed by atoms with Crippen LogP contribution >= 0.6 is 0 Å². The maximum Gasteiger partial charge on any atom is 0.306 e. The second kappa shape index (κ2) is 67.4. The van der Waals surface area contributed by atoms with Gasteiger partial charge in [-0.05, 0) is 89.9 Å². The zero-order chi connectivity index (χ0) is 57.1. The van der Waals surface area contributed by atoms with Gasteiger partial charge in [0.2, 0.25) is 0 Å². The highest BCUT2D eigenvalue weighted by Gasteiger charge is 2.19. The second-order valence-electron chi connectivity index (χ2n) is 23.1. The van der Waals surface area contributed by atoms with Crippen molar-refractivity contribution in [2.45, 2.75) is 361 Å². The average molecular weight is 1100 g/mol. The summed E-state index contributed by atoms with van der Waals surface area (Å²) in [5.74, 6) is -0.876. The van der Waals surface area contributed by atoms with Gasteiger partial charge < -0.3 is 14.2 Å². The zero-order valence-electron chi connectivity index (χ0n) is 52.6. The summed E-state index contributed by atoms with van der Waals surface area (Å²) in [5.41, 5.74) is 0. The highest BCUT2D eigenvalue weighted by atomic mass is 16.6. The van der Waals surface area contributed by atoms with Crippen molar-refractivity contribution in [1.82, 2.24) is 0 Å². The lowest BCUT2D eigenvalue weighted by Gasteiger charge is -2.18. The zero-order valence-corrected chi connectivity index (χ0v) is 52.6. The van der Waals surface area contributed by atoms with Crippen LogP contribution in [0.4, 0.5) is 0 Å². The van der Waals surface area contributed by atoms with Gasteiger partial charge in [-0.3, -0.25) is 14.4 Å². The van der Waals surface area contributed by atoms with Crippen molar-refractivity contribution < 1.29 is 28.6 Å². The quantitative estimate of drug-likeness (QED) is 0.0261. The molecule has 0 aliphatic carbocycles. The van der Waals surface area contributed by atoms with Crippen LogP contribution in [0.1, 0.15) is 355 Å². The van der Waals surface area contributed by atoms with Crippen LogP contribution in [0.15, 0.2) is 72.9 Å². The molecule has 0 aromatic heterocycles. The van der Waals surface area contributed by atoms with Crippen LogP contribution in [0.5, 0.6) is 0 Å². The Hall–Kier alpha value is -3.15. The smallest absolute Gasteiger partial charge is 0.306 e. The second-order valence-corrected chi connectivity index (χ2v) is 23.1. The van der Waals surface area contributed by atoms with E-state index in [4.69, 9.17) is 14.2 Å². The first kappa shape index (κ1) is 75.8. The first-order chi connectivity index (χ1) is 39.0. The molecule has 0 fully saturated rings. The number of ether oxygens (including phenoxy) is 3. The third kappa shape index (κ3) is 65.5. The van der Waals surface area contributed by atoms with Gasteiger partial charge in [0.25, 0.3) is 0 Å². The molecule has 6 heteroatoms. The van der Waals surface area contributed by atoms with Gasteiger partial charge in [-0.15, -0.1) is 0 Å². The monoisotopic (exact) mass is 1100 g/mol. The molecule has 0 aromatic carbocycles. The SMILES string of the molecule is CC/C=C\C/C=C\C/C=C\C/C=C\CCCCCCCCC(=O)OCC(COC(=O)CCCCCCCCCCC/C=C\C/C=C\CCCCCCC)OC(=O)CCCCCCCCCCCCCCCCCCCCCCC. The fourth-order valence-electron chi connectivity index (χ4n) is 10.1. The number of hydrogen-bond donors (Lipinski definition) is 0. The highest BCUT2D eigenvalue weighted by Crippen LogP contribution is 2.18.